The van der Waals surface area contributed by atoms with Crippen LogP contribution in [0.1, 0.15) is 22.2 Å². The van der Waals surface area contributed by atoms with Crippen molar-refractivity contribution in [2.45, 2.75) is 13.5 Å². The minimum atomic E-state index is -0.996. The minimum absolute atomic E-state index is 0.222. The Morgan fingerprint density at radius 1 is 1.52 bits per heavy atom. The van der Waals surface area contributed by atoms with Crippen molar-refractivity contribution in [2.75, 3.05) is 18.6 Å². The molecule has 0 radical (unpaired) electrons. The summed E-state index contributed by atoms with van der Waals surface area (Å²) >= 11 is 2.91. The Morgan fingerprint density at radius 3 is 2.95 bits per heavy atom. The molecule has 2 rings (SSSR count). The molecule has 0 saturated carbocycles. The van der Waals surface area contributed by atoms with Crippen LogP contribution in [-0.4, -0.2) is 29.6 Å². The summed E-state index contributed by atoms with van der Waals surface area (Å²) in [5, 5.41) is 13.0. The molecule has 114 valence electrons. The SMILES string of the molecule is CSCC(C)CNCc1c(C(=O)O)sc2cccc(F)c12. The van der Waals surface area contributed by atoms with E-state index in [0.29, 0.717) is 28.1 Å². The van der Waals surface area contributed by atoms with Gasteiger partial charge in [-0.05, 0) is 36.6 Å². The summed E-state index contributed by atoms with van der Waals surface area (Å²) in [5.41, 5.74) is 0.553. The van der Waals surface area contributed by atoms with E-state index < -0.39 is 5.97 Å². The smallest absolute Gasteiger partial charge is 0.346 e. The normalized spacial score (nSPS) is 12.7. The van der Waals surface area contributed by atoms with Gasteiger partial charge in [0.25, 0.3) is 0 Å². The van der Waals surface area contributed by atoms with Crippen molar-refractivity contribution in [3.63, 3.8) is 0 Å². The van der Waals surface area contributed by atoms with Gasteiger partial charge in [-0.3, -0.25) is 0 Å². The number of thiophene rings is 1. The molecule has 2 N–H and O–H groups in total. The van der Waals surface area contributed by atoms with Gasteiger partial charge in [0.05, 0.1) is 0 Å². The Bertz CT molecular complexity index is 642. The maximum atomic E-state index is 14.0. The van der Waals surface area contributed by atoms with E-state index in [1.807, 2.05) is 0 Å². The van der Waals surface area contributed by atoms with Gasteiger partial charge in [-0.2, -0.15) is 11.8 Å². The topological polar surface area (TPSA) is 49.3 Å². The van der Waals surface area contributed by atoms with Gasteiger partial charge >= 0.3 is 5.97 Å². The fourth-order valence-corrected chi connectivity index (χ4v) is 4.06. The second-order valence-corrected chi connectivity index (χ2v) is 6.98. The summed E-state index contributed by atoms with van der Waals surface area (Å²) in [5.74, 6) is 0.176. The summed E-state index contributed by atoms with van der Waals surface area (Å²) < 4.78 is 14.7. The lowest BCUT2D eigenvalue weighted by molar-refractivity contribution is 0.0701. The number of fused-ring (bicyclic) bond motifs is 1. The predicted octanol–water partition coefficient (Wildman–Crippen LogP) is 3.83. The largest absolute Gasteiger partial charge is 0.477 e. The van der Waals surface area contributed by atoms with Gasteiger partial charge in [0.1, 0.15) is 10.7 Å². The summed E-state index contributed by atoms with van der Waals surface area (Å²) in [4.78, 5) is 11.6. The number of aromatic carboxylic acids is 1. The van der Waals surface area contributed by atoms with E-state index in [1.54, 1.807) is 23.9 Å². The van der Waals surface area contributed by atoms with Crippen LogP contribution in [-0.2, 0) is 6.54 Å². The van der Waals surface area contributed by atoms with Gasteiger partial charge < -0.3 is 10.4 Å². The van der Waals surface area contributed by atoms with E-state index >= 15 is 0 Å². The average molecular weight is 327 g/mol. The van der Waals surface area contributed by atoms with Gasteiger partial charge in [-0.1, -0.05) is 13.0 Å². The molecule has 0 bridgehead atoms. The Hall–Kier alpha value is -1.11. The van der Waals surface area contributed by atoms with Gasteiger partial charge in [-0.25, -0.2) is 9.18 Å². The minimum Gasteiger partial charge on any atom is -0.477 e. The van der Waals surface area contributed by atoms with Gasteiger partial charge in [0, 0.05) is 22.2 Å². The van der Waals surface area contributed by atoms with Crippen LogP contribution in [0.25, 0.3) is 10.1 Å². The lowest BCUT2D eigenvalue weighted by Gasteiger charge is -2.11. The van der Waals surface area contributed by atoms with Crippen molar-refractivity contribution in [3.05, 3.63) is 34.5 Å². The number of carboxylic acid groups (broad SMARTS) is 1. The molecule has 1 unspecified atom stereocenters. The van der Waals surface area contributed by atoms with Crippen LogP contribution < -0.4 is 5.32 Å². The zero-order chi connectivity index (χ0) is 15.4. The van der Waals surface area contributed by atoms with Crippen LogP contribution in [0.15, 0.2) is 18.2 Å². The number of hydrogen-bond acceptors (Lipinski definition) is 4. The molecular formula is C15H18FNO2S2. The molecule has 3 nitrogen and oxygen atoms in total. The van der Waals surface area contributed by atoms with E-state index in [1.165, 1.54) is 6.07 Å². The molecule has 0 spiro atoms. The summed E-state index contributed by atoms with van der Waals surface area (Å²) in [6, 6.07) is 4.74. The number of benzene rings is 1. The van der Waals surface area contributed by atoms with Crippen LogP contribution in [0.4, 0.5) is 4.39 Å². The molecule has 0 amide bonds. The van der Waals surface area contributed by atoms with Crippen molar-refractivity contribution in [1.82, 2.24) is 5.32 Å². The first-order chi connectivity index (χ1) is 10.0. The fourth-order valence-electron chi connectivity index (χ4n) is 2.30. The second-order valence-electron chi connectivity index (χ2n) is 5.02. The Labute approximate surface area is 131 Å². The number of carboxylic acids is 1. The number of hydrogen-bond donors (Lipinski definition) is 2. The zero-order valence-corrected chi connectivity index (χ0v) is 13.6. The molecule has 1 heterocycles. The van der Waals surface area contributed by atoms with Gasteiger partial charge in [-0.15, -0.1) is 11.3 Å². The van der Waals surface area contributed by atoms with Gasteiger partial charge in [0.15, 0.2) is 0 Å². The van der Waals surface area contributed by atoms with Crippen molar-refractivity contribution in [1.29, 1.82) is 0 Å². The Morgan fingerprint density at radius 2 is 2.29 bits per heavy atom. The van der Waals surface area contributed by atoms with Crippen LogP contribution in [0.3, 0.4) is 0 Å². The van der Waals surface area contributed by atoms with Crippen LogP contribution in [0.5, 0.6) is 0 Å². The van der Waals surface area contributed by atoms with E-state index in [9.17, 15) is 14.3 Å². The highest BCUT2D eigenvalue weighted by atomic mass is 32.2. The maximum absolute atomic E-state index is 14.0. The lowest BCUT2D eigenvalue weighted by atomic mass is 10.1. The zero-order valence-electron chi connectivity index (χ0n) is 12.0. The number of halogens is 1. The number of carbonyl (C=O) groups is 1. The average Bonchev–Trinajstić information content (AvgIpc) is 2.79. The maximum Gasteiger partial charge on any atom is 0.346 e. The van der Waals surface area contributed by atoms with Crippen LogP contribution in [0.2, 0.25) is 0 Å². The molecule has 1 aromatic carbocycles. The molecule has 0 aliphatic heterocycles. The third-order valence-corrected chi connectivity index (χ3v) is 5.29. The molecule has 2 aromatic rings. The van der Waals surface area contributed by atoms with E-state index in [0.717, 1.165) is 23.6 Å². The first-order valence-electron chi connectivity index (χ1n) is 6.67. The second kappa shape index (κ2) is 7.24. The monoisotopic (exact) mass is 327 g/mol. The van der Waals surface area contributed by atoms with Crippen molar-refractivity contribution < 1.29 is 14.3 Å². The molecule has 0 aliphatic carbocycles. The van der Waals surface area contributed by atoms with E-state index in [4.69, 9.17) is 0 Å². The summed E-state index contributed by atoms with van der Waals surface area (Å²) in [6.07, 6.45) is 2.06. The highest BCUT2D eigenvalue weighted by Crippen LogP contribution is 2.33. The Balaban J connectivity index is 2.24. The van der Waals surface area contributed by atoms with E-state index in [-0.39, 0.29) is 10.7 Å². The van der Waals surface area contributed by atoms with Crippen molar-refractivity contribution >= 4 is 39.2 Å². The molecule has 1 aromatic heterocycles. The number of rotatable bonds is 7. The highest BCUT2D eigenvalue weighted by Gasteiger charge is 2.19. The van der Waals surface area contributed by atoms with Crippen molar-refractivity contribution in [3.8, 4) is 0 Å². The summed E-state index contributed by atoms with van der Waals surface area (Å²) in [7, 11) is 0. The highest BCUT2D eigenvalue weighted by molar-refractivity contribution is 7.98. The van der Waals surface area contributed by atoms with Crippen LogP contribution >= 0.6 is 23.1 Å². The van der Waals surface area contributed by atoms with Crippen LogP contribution in [0, 0.1) is 11.7 Å². The summed E-state index contributed by atoms with van der Waals surface area (Å²) in [6.45, 7) is 3.29. The molecule has 0 fully saturated rings. The molecule has 1 atom stereocenters. The quantitative estimate of drug-likeness (QED) is 0.811. The van der Waals surface area contributed by atoms with Gasteiger partial charge in [0.2, 0.25) is 0 Å². The standard InChI is InChI=1S/C15H18FNO2S2/c1-9(8-20-2)6-17-7-10-13-11(16)4-3-5-12(13)21-14(10)15(18)19/h3-5,9,17H,6-8H2,1-2H3,(H,18,19). The first-order valence-corrected chi connectivity index (χ1v) is 8.88. The Kier molecular flexibility index (Phi) is 5.61. The molecule has 6 heteroatoms. The third-order valence-electron chi connectivity index (χ3n) is 3.20. The lowest BCUT2D eigenvalue weighted by Crippen LogP contribution is -2.22. The predicted molar refractivity (Wildman–Crippen MR) is 88.0 cm³/mol. The van der Waals surface area contributed by atoms with Crippen molar-refractivity contribution in [2.24, 2.45) is 5.92 Å². The molecule has 0 aliphatic rings. The fraction of sp³-hybridized carbons (Fsp3) is 0.400. The number of nitrogens with one attached hydrogen (secondary N) is 1. The molecule has 21 heavy (non-hydrogen) atoms. The third kappa shape index (κ3) is 3.75. The number of thioether (sulfide) groups is 1. The molecule has 0 saturated heterocycles. The van der Waals surface area contributed by atoms with E-state index in [2.05, 4.69) is 18.5 Å². The molecular weight excluding hydrogens is 309 g/mol. The first kappa shape index (κ1) is 16.3.